The van der Waals surface area contributed by atoms with Crippen LogP contribution in [0.1, 0.15) is 42.8 Å². The molecule has 24 heavy (non-hydrogen) atoms. The van der Waals surface area contributed by atoms with Gasteiger partial charge in [0.15, 0.2) is 5.82 Å². The van der Waals surface area contributed by atoms with Crippen molar-refractivity contribution < 1.29 is 14.1 Å². The van der Waals surface area contributed by atoms with E-state index in [9.17, 15) is 9.59 Å². The highest BCUT2D eigenvalue weighted by molar-refractivity contribution is 6.30. The third-order valence-corrected chi connectivity index (χ3v) is 3.49. The number of halogens is 1. The number of nitrogens with two attached hydrogens (primary N) is 1. The van der Waals surface area contributed by atoms with Crippen molar-refractivity contribution in [2.75, 3.05) is 0 Å². The third kappa shape index (κ3) is 4.20. The normalized spacial score (nSPS) is 12.1. The number of carbonyl (C=O) groups excluding carboxylic acids is 2. The summed E-state index contributed by atoms with van der Waals surface area (Å²) in [5, 5.41) is 7.09. The molecule has 7 nitrogen and oxygen atoms in total. The van der Waals surface area contributed by atoms with Crippen LogP contribution < -0.4 is 11.1 Å². The van der Waals surface area contributed by atoms with Gasteiger partial charge in [0.05, 0.1) is 5.54 Å². The topological polar surface area (TPSA) is 111 Å². The van der Waals surface area contributed by atoms with E-state index in [0.717, 1.165) is 5.56 Å². The monoisotopic (exact) mass is 348 g/mol. The molecular weight excluding hydrogens is 332 g/mol. The molecule has 0 bridgehead atoms. The molecule has 0 radical (unpaired) electrons. The van der Waals surface area contributed by atoms with Gasteiger partial charge in [0.2, 0.25) is 5.91 Å². The minimum absolute atomic E-state index is 0.156. The highest BCUT2D eigenvalue weighted by Gasteiger charge is 2.29. The van der Waals surface area contributed by atoms with E-state index in [1.807, 2.05) is 12.1 Å². The zero-order valence-corrected chi connectivity index (χ0v) is 14.2. The molecule has 0 aliphatic heterocycles. The predicted octanol–water partition coefficient (Wildman–Crippen LogP) is 2.28. The van der Waals surface area contributed by atoms with Gasteiger partial charge >= 0.3 is 11.8 Å². The fourth-order valence-electron chi connectivity index (χ4n) is 1.89. The maximum atomic E-state index is 12.4. The van der Waals surface area contributed by atoms with Gasteiger partial charge in [-0.15, -0.1) is 0 Å². The number of primary amides is 1. The van der Waals surface area contributed by atoms with Crippen LogP contribution in [0.4, 0.5) is 0 Å². The minimum atomic E-state index is -0.941. The van der Waals surface area contributed by atoms with Crippen molar-refractivity contribution in [2.45, 2.75) is 26.3 Å². The molecule has 2 rings (SSSR count). The number of rotatable bonds is 5. The molecule has 0 spiro atoms. The number of nitrogens with one attached hydrogen (secondary N) is 1. The van der Waals surface area contributed by atoms with Crippen LogP contribution in [0.3, 0.4) is 0 Å². The molecule has 1 aromatic carbocycles. The van der Waals surface area contributed by atoms with Crippen LogP contribution in [0.2, 0.25) is 5.02 Å². The Hall–Kier alpha value is -2.67. The lowest BCUT2D eigenvalue weighted by molar-refractivity contribution is -0.119. The molecular formula is C16H17ClN4O3. The summed E-state index contributed by atoms with van der Waals surface area (Å²) in [6, 6.07) is 7.10. The molecule has 0 fully saturated rings. The van der Waals surface area contributed by atoms with E-state index in [-0.39, 0.29) is 17.6 Å². The van der Waals surface area contributed by atoms with Crippen molar-refractivity contribution in [1.29, 1.82) is 0 Å². The Morgan fingerprint density at radius 3 is 2.46 bits per heavy atom. The summed E-state index contributed by atoms with van der Waals surface area (Å²) in [6.45, 7) is 5.07. The standard InChI is InChI=1S/C16H17ClN4O3/c1-9(8-10-4-6-11(17)7-5-10)13(23)20-16(2,3)15-19-14(12(18)22)24-21-15/h4-8H,1-3H3,(H2,18,22)(H,20,23)/b9-8+. The quantitative estimate of drug-likeness (QED) is 0.805. The van der Waals surface area contributed by atoms with E-state index in [1.54, 1.807) is 39.0 Å². The van der Waals surface area contributed by atoms with Crippen molar-refractivity contribution in [3.8, 4) is 0 Å². The molecule has 8 heteroatoms. The minimum Gasteiger partial charge on any atom is -0.361 e. The van der Waals surface area contributed by atoms with Crippen molar-refractivity contribution in [3.05, 3.63) is 52.1 Å². The number of carbonyl (C=O) groups is 2. The summed E-state index contributed by atoms with van der Waals surface area (Å²) in [7, 11) is 0. The van der Waals surface area contributed by atoms with E-state index < -0.39 is 11.4 Å². The fraction of sp³-hybridized carbons (Fsp3) is 0.250. The van der Waals surface area contributed by atoms with Gasteiger partial charge in [-0.3, -0.25) is 9.59 Å². The first kappa shape index (κ1) is 17.7. The second kappa shape index (κ2) is 6.84. The van der Waals surface area contributed by atoms with Crippen molar-refractivity contribution in [3.63, 3.8) is 0 Å². The molecule has 2 aromatic rings. The number of hydrogen-bond acceptors (Lipinski definition) is 5. The average molecular weight is 349 g/mol. The first-order valence-electron chi connectivity index (χ1n) is 7.09. The van der Waals surface area contributed by atoms with Crippen LogP contribution in [0, 0.1) is 0 Å². The highest BCUT2D eigenvalue weighted by Crippen LogP contribution is 2.18. The van der Waals surface area contributed by atoms with Gasteiger partial charge in [0, 0.05) is 10.6 Å². The van der Waals surface area contributed by atoms with Crippen molar-refractivity contribution in [2.24, 2.45) is 5.73 Å². The number of amides is 2. The van der Waals surface area contributed by atoms with E-state index >= 15 is 0 Å². The lowest BCUT2D eigenvalue weighted by atomic mass is 10.0. The number of aromatic nitrogens is 2. The van der Waals surface area contributed by atoms with Gasteiger partial charge in [0.1, 0.15) is 0 Å². The van der Waals surface area contributed by atoms with Crippen LogP contribution in [-0.2, 0) is 10.3 Å². The number of hydrogen-bond donors (Lipinski definition) is 2. The van der Waals surface area contributed by atoms with Crippen molar-refractivity contribution in [1.82, 2.24) is 15.5 Å². The molecule has 0 saturated heterocycles. The Kier molecular flexibility index (Phi) is 5.04. The zero-order chi connectivity index (χ0) is 17.9. The second-order valence-electron chi connectivity index (χ2n) is 5.75. The molecule has 0 saturated carbocycles. The molecule has 3 N–H and O–H groups in total. The zero-order valence-electron chi connectivity index (χ0n) is 13.5. The summed E-state index contributed by atoms with van der Waals surface area (Å²) in [6.07, 6.45) is 1.73. The Balaban J connectivity index is 2.14. The van der Waals surface area contributed by atoms with E-state index in [0.29, 0.717) is 10.6 Å². The first-order valence-corrected chi connectivity index (χ1v) is 7.47. The lowest BCUT2D eigenvalue weighted by Gasteiger charge is -2.22. The van der Waals surface area contributed by atoms with E-state index in [2.05, 4.69) is 15.5 Å². The fourth-order valence-corrected chi connectivity index (χ4v) is 2.02. The molecule has 126 valence electrons. The van der Waals surface area contributed by atoms with Crippen LogP contribution in [0.25, 0.3) is 6.08 Å². The SMILES string of the molecule is C/C(=C\c1ccc(Cl)cc1)C(=O)NC(C)(C)c1noc(C(N)=O)n1. The smallest absolute Gasteiger partial charge is 0.315 e. The number of nitrogens with zero attached hydrogens (tertiary/aromatic N) is 2. The Morgan fingerprint density at radius 2 is 1.92 bits per heavy atom. The lowest BCUT2D eigenvalue weighted by Crippen LogP contribution is -2.42. The third-order valence-electron chi connectivity index (χ3n) is 3.23. The summed E-state index contributed by atoms with van der Waals surface area (Å²) >= 11 is 5.83. The number of benzene rings is 1. The maximum absolute atomic E-state index is 12.4. The Labute approximate surface area is 143 Å². The van der Waals surface area contributed by atoms with Crippen LogP contribution >= 0.6 is 11.6 Å². The second-order valence-corrected chi connectivity index (χ2v) is 6.18. The summed E-state index contributed by atoms with van der Waals surface area (Å²) in [5.74, 6) is -1.28. The van der Waals surface area contributed by atoms with E-state index in [4.69, 9.17) is 21.9 Å². The molecule has 0 aliphatic rings. The molecule has 1 aromatic heterocycles. The molecule has 1 heterocycles. The van der Waals surface area contributed by atoms with Gasteiger partial charge in [-0.25, -0.2) is 0 Å². The summed E-state index contributed by atoms with van der Waals surface area (Å²) in [5.41, 5.74) is 5.47. The van der Waals surface area contributed by atoms with Gasteiger partial charge in [-0.1, -0.05) is 28.9 Å². The van der Waals surface area contributed by atoms with Gasteiger partial charge in [0.25, 0.3) is 0 Å². The first-order chi connectivity index (χ1) is 11.2. The van der Waals surface area contributed by atoms with Gasteiger partial charge in [-0.05, 0) is 44.5 Å². The van der Waals surface area contributed by atoms with Crippen LogP contribution in [-0.4, -0.2) is 22.0 Å². The van der Waals surface area contributed by atoms with Crippen molar-refractivity contribution >= 4 is 29.5 Å². The van der Waals surface area contributed by atoms with E-state index in [1.165, 1.54) is 0 Å². The Bertz CT molecular complexity index is 794. The predicted molar refractivity (Wildman–Crippen MR) is 89.1 cm³/mol. The molecule has 0 atom stereocenters. The van der Waals surface area contributed by atoms with Gasteiger partial charge in [-0.2, -0.15) is 4.98 Å². The summed E-state index contributed by atoms with van der Waals surface area (Å²) in [4.78, 5) is 27.3. The largest absolute Gasteiger partial charge is 0.361 e. The van der Waals surface area contributed by atoms with Crippen LogP contribution in [0.15, 0.2) is 34.4 Å². The maximum Gasteiger partial charge on any atom is 0.315 e. The molecule has 0 unspecified atom stereocenters. The average Bonchev–Trinajstić information content (AvgIpc) is 3.00. The summed E-state index contributed by atoms with van der Waals surface area (Å²) < 4.78 is 4.75. The highest BCUT2D eigenvalue weighted by atomic mass is 35.5. The Morgan fingerprint density at radius 1 is 1.29 bits per heavy atom. The molecule has 0 aliphatic carbocycles. The van der Waals surface area contributed by atoms with Gasteiger partial charge < -0.3 is 15.6 Å². The molecule has 2 amide bonds. The van der Waals surface area contributed by atoms with Crippen LogP contribution in [0.5, 0.6) is 0 Å².